The average molecular weight is 256 g/mol. The van der Waals surface area contributed by atoms with Crippen LogP contribution in [0.15, 0.2) is 0 Å². The third-order valence-electron chi connectivity index (χ3n) is 4.28. The van der Waals surface area contributed by atoms with Crippen molar-refractivity contribution in [3.63, 3.8) is 0 Å². The lowest BCUT2D eigenvalue weighted by molar-refractivity contribution is -0.139. The fraction of sp³-hybridized carbons (Fsp3) is 0.846. The van der Waals surface area contributed by atoms with Crippen molar-refractivity contribution in [2.24, 2.45) is 11.1 Å². The first kappa shape index (κ1) is 14.4. The number of thiocarbonyl (C=S) groups is 1. The molecule has 2 N–H and O–H groups in total. The molecular formula is C13H24N2OS. The summed E-state index contributed by atoms with van der Waals surface area (Å²) in [5, 5.41) is 0. The first-order chi connectivity index (χ1) is 7.99. The number of carbonyl (C=O) groups is 1. The maximum Gasteiger partial charge on any atom is 0.235 e. The van der Waals surface area contributed by atoms with Crippen molar-refractivity contribution in [1.82, 2.24) is 4.90 Å². The minimum Gasteiger partial charge on any atom is -0.392 e. The fourth-order valence-electron chi connectivity index (χ4n) is 2.80. The van der Waals surface area contributed by atoms with Gasteiger partial charge in [0, 0.05) is 13.1 Å². The lowest BCUT2D eigenvalue weighted by Crippen LogP contribution is -2.51. The SMILES string of the molecule is CCC(CC)(C(=O)N(C)C1CCCC1)C(N)=S. The zero-order chi connectivity index (χ0) is 13.1. The highest BCUT2D eigenvalue weighted by Gasteiger charge is 2.41. The van der Waals surface area contributed by atoms with Crippen molar-refractivity contribution in [2.75, 3.05) is 7.05 Å². The van der Waals surface area contributed by atoms with Gasteiger partial charge in [-0.1, -0.05) is 38.9 Å². The topological polar surface area (TPSA) is 46.3 Å². The second kappa shape index (κ2) is 5.80. The highest BCUT2D eigenvalue weighted by Crippen LogP contribution is 2.32. The van der Waals surface area contributed by atoms with E-state index in [1.165, 1.54) is 12.8 Å². The number of hydrogen-bond donors (Lipinski definition) is 1. The van der Waals surface area contributed by atoms with Gasteiger partial charge in [-0.15, -0.1) is 0 Å². The summed E-state index contributed by atoms with van der Waals surface area (Å²) in [6.07, 6.45) is 6.05. The van der Waals surface area contributed by atoms with Crippen LogP contribution >= 0.6 is 12.2 Å². The number of nitrogens with zero attached hydrogens (tertiary/aromatic N) is 1. The quantitative estimate of drug-likeness (QED) is 0.769. The van der Waals surface area contributed by atoms with Crippen LogP contribution in [0.25, 0.3) is 0 Å². The molecule has 98 valence electrons. The van der Waals surface area contributed by atoms with Crippen molar-refractivity contribution >= 4 is 23.1 Å². The van der Waals surface area contributed by atoms with Gasteiger partial charge in [0.2, 0.25) is 5.91 Å². The predicted molar refractivity (Wildman–Crippen MR) is 74.8 cm³/mol. The van der Waals surface area contributed by atoms with Crippen molar-refractivity contribution < 1.29 is 4.79 Å². The van der Waals surface area contributed by atoms with Gasteiger partial charge in [0.15, 0.2) is 0 Å². The van der Waals surface area contributed by atoms with Gasteiger partial charge in [-0.3, -0.25) is 4.79 Å². The summed E-state index contributed by atoms with van der Waals surface area (Å²) in [7, 11) is 1.90. The summed E-state index contributed by atoms with van der Waals surface area (Å²) in [5.74, 6) is 0.113. The van der Waals surface area contributed by atoms with Gasteiger partial charge in [0.1, 0.15) is 0 Å². The van der Waals surface area contributed by atoms with Crippen LogP contribution in [-0.4, -0.2) is 28.9 Å². The van der Waals surface area contributed by atoms with Crippen LogP contribution in [0.1, 0.15) is 52.4 Å². The monoisotopic (exact) mass is 256 g/mol. The summed E-state index contributed by atoms with van der Waals surface area (Å²) in [5.41, 5.74) is 5.18. The largest absolute Gasteiger partial charge is 0.392 e. The van der Waals surface area contributed by atoms with E-state index < -0.39 is 5.41 Å². The maximum atomic E-state index is 12.6. The summed E-state index contributed by atoms with van der Waals surface area (Å²) < 4.78 is 0. The molecule has 1 amide bonds. The Morgan fingerprint density at radius 2 is 1.82 bits per heavy atom. The Morgan fingerprint density at radius 1 is 1.35 bits per heavy atom. The smallest absolute Gasteiger partial charge is 0.235 e. The van der Waals surface area contributed by atoms with E-state index in [0.717, 1.165) is 12.8 Å². The molecule has 1 rings (SSSR count). The summed E-state index contributed by atoms with van der Waals surface area (Å²) in [4.78, 5) is 14.8. The predicted octanol–water partition coefficient (Wildman–Crippen LogP) is 2.48. The van der Waals surface area contributed by atoms with Crippen LogP contribution in [0, 0.1) is 5.41 Å². The molecule has 0 radical (unpaired) electrons. The molecule has 17 heavy (non-hydrogen) atoms. The lowest BCUT2D eigenvalue weighted by Gasteiger charge is -2.36. The Kier molecular flexibility index (Phi) is 4.92. The minimum atomic E-state index is -0.632. The maximum absolute atomic E-state index is 12.6. The molecular weight excluding hydrogens is 232 g/mol. The molecule has 1 aliphatic rings. The molecule has 0 aliphatic heterocycles. The van der Waals surface area contributed by atoms with Gasteiger partial charge < -0.3 is 10.6 Å². The second-order valence-electron chi connectivity index (χ2n) is 5.01. The molecule has 0 aromatic carbocycles. The molecule has 0 aromatic heterocycles. The van der Waals surface area contributed by atoms with Crippen molar-refractivity contribution in [2.45, 2.75) is 58.4 Å². The van der Waals surface area contributed by atoms with Crippen molar-refractivity contribution in [3.8, 4) is 0 Å². The number of nitrogens with two attached hydrogens (primary N) is 1. The number of hydrogen-bond acceptors (Lipinski definition) is 2. The second-order valence-corrected chi connectivity index (χ2v) is 5.45. The van der Waals surface area contributed by atoms with E-state index >= 15 is 0 Å². The van der Waals surface area contributed by atoms with Gasteiger partial charge in [-0.2, -0.15) is 0 Å². The van der Waals surface area contributed by atoms with E-state index in [0.29, 0.717) is 23.9 Å². The molecule has 0 unspecified atom stereocenters. The first-order valence-corrected chi connectivity index (χ1v) is 6.97. The van der Waals surface area contributed by atoms with Crippen LogP contribution in [0.3, 0.4) is 0 Å². The standard InChI is InChI=1S/C13H24N2OS/c1-4-13(5-2,11(14)17)12(16)15(3)10-8-6-7-9-10/h10H,4-9H2,1-3H3,(H2,14,17). The van der Waals surface area contributed by atoms with Crippen LogP contribution in [0.5, 0.6) is 0 Å². The molecule has 1 saturated carbocycles. The van der Waals surface area contributed by atoms with E-state index in [4.69, 9.17) is 18.0 Å². The molecule has 0 spiro atoms. The molecule has 0 heterocycles. The number of carbonyl (C=O) groups excluding carboxylic acids is 1. The summed E-state index contributed by atoms with van der Waals surface area (Å²) >= 11 is 5.13. The lowest BCUT2D eigenvalue weighted by atomic mass is 9.80. The molecule has 1 aliphatic carbocycles. The van der Waals surface area contributed by atoms with E-state index in [-0.39, 0.29) is 5.91 Å². The van der Waals surface area contributed by atoms with Crippen LogP contribution in [-0.2, 0) is 4.79 Å². The van der Waals surface area contributed by atoms with Crippen LogP contribution < -0.4 is 5.73 Å². The van der Waals surface area contributed by atoms with E-state index in [1.54, 1.807) is 0 Å². The van der Waals surface area contributed by atoms with Gasteiger partial charge in [-0.05, 0) is 25.7 Å². The number of amides is 1. The zero-order valence-electron chi connectivity index (χ0n) is 11.2. The average Bonchev–Trinajstić information content (AvgIpc) is 2.83. The minimum absolute atomic E-state index is 0.113. The molecule has 0 saturated heterocycles. The Balaban J connectivity index is 2.87. The number of rotatable bonds is 5. The Morgan fingerprint density at radius 3 is 2.18 bits per heavy atom. The van der Waals surface area contributed by atoms with Crippen molar-refractivity contribution in [1.29, 1.82) is 0 Å². The Labute approximate surface area is 110 Å². The normalized spacial score (nSPS) is 17.1. The molecule has 4 heteroatoms. The van der Waals surface area contributed by atoms with Gasteiger partial charge in [0.05, 0.1) is 10.4 Å². The van der Waals surface area contributed by atoms with Gasteiger partial charge in [0.25, 0.3) is 0 Å². The van der Waals surface area contributed by atoms with Gasteiger partial charge in [-0.25, -0.2) is 0 Å². The van der Waals surface area contributed by atoms with E-state index in [2.05, 4.69) is 0 Å². The van der Waals surface area contributed by atoms with Crippen LogP contribution in [0.4, 0.5) is 0 Å². The Bertz CT molecular complexity index is 294. The highest BCUT2D eigenvalue weighted by atomic mass is 32.1. The third-order valence-corrected chi connectivity index (χ3v) is 4.67. The van der Waals surface area contributed by atoms with E-state index in [1.807, 2.05) is 25.8 Å². The van der Waals surface area contributed by atoms with E-state index in [9.17, 15) is 4.79 Å². The van der Waals surface area contributed by atoms with Crippen LogP contribution in [0.2, 0.25) is 0 Å². The fourth-order valence-corrected chi connectivity index (χ4v) is 3.18. The zero-order valence-corrected chi connectivity index (χ0v) is 12.0. The molecule has 0 aromatic rings. The third kappa shape index (κ3) is 2.62. The summed E-state index contributed by atoms with van der Waals surface area (Å²) in [6.45, 7) is 3.98. The molecule has 0 bridgehead atoms. The highest BCUT2D eigenvalue weighted by molar-refractivity contribution is 7.80. The van der Waals surface area contributed by atoms with Crippen molar-refractivity contribution in [3.05, 3.63) is 0 Å². The molecule has 0 atom stereocenters. The molecule has 3 nitrogen and oxygen atoms in total. The van der Waals surface area contributed by atoms with Gasteiger partial charge >= 0.3 is 0 Å². The molecule has 1 fully saturated rings. The Hall–Kier alpha value is -0.640. The summed E-state index contributed by atoms with van der Waals surface area (Å²) in [6, 6.07) is 0.384. The first-order valence-electron chi connectivity index (χ1n) is 6.56.